The Hall–Kier alpha value is -2.62. The Morgan fingerprint density at radius 1 is 1.27 bits per heavy atom. The van der Waals surface area contributed by atoms with Crippen LogP contribution in [0, 0.1) is 11.6 Å². The van der Waals surface area contributed by atoms with Gasteiger partial charge in [0.2, 0.25) is 0 Å². The van der Waals surface area contributed by atoms with Gasteiger partial charge >= 0.3 is 0 Å². The number of aromatic nitrogens is 2. The van der Waals surface area contributed by atoms with Crippen LogP contribution in [-0.4, -0.2) is 53.8 Å². The zero-order valence-corrected chi connectivity index (χ0v) is 14.6. The molecule has 0 bridgehead atoms. The predicted octanol–water partition coefficient (Wildman–Crippen LogP) is 1.76. The van der Waals surface area contributed by atoms with Gasteiger partial charge in [-0.25, -0.2) is 27.2 Å². The lowest BCUT2D eigenvalue weighted by atomic mass is 10.2. The smallest absolute Gasteiger partial charge is 0.272 e. The number of nitrogens with zero attached hydrogens (tertiary/aromatic N) is 3. The van der Waals surface area contributed by atoms with Crippen molar-refractivity contribution >= 4 is 27.2 Å². The van der Waals surface area contributed by atoms with Crippen molar-refractivity contribution in [2.75, 3.05) is 23.9 Å². The molecule has 1 aliphatic heterocycles. The summed E-state index contributed by atoms with van der Waals surface area (Å²) in [6.45, 7) is 0. The summed E-state index contributed by atoms with van der Waals surface area (Å²) in [5.74, 6) is -1.84. The van der Waals surface area contributed by atoms with Crippen LogP contribution < -0.4 is 5.32 Å². The standard InChI is InChI=1S/C16H16F2N4O3S/c1-22(11-4-5-26(24,25)8-11)16(23)14-7-15(20-9-19-14)21-13-3-2-10(17)6-12(13)18/h2-3,6-7,9,11H,4-5,8H2,1H3,(H,19,20,21). The van der Waals surface area contributed by atoms with Crippen molar-refractivity contribution in [2.45, 2.75) is 12.5 Å². The van der Waals surface area contributed by atoms with Gasteiger partial charge in [0.05, 0.1) is 17.2 Å². The van der Waals surface area contributed by atoms with Gasteiger partial charge in [0.1, 0.15) is 29.5 Å². The highest BCUT2D eigenvalue weighted by atomic mass is 32.2. The fourth-order valence-electron chi connectivity index (χ4n) is 2.70. The fourth-order valence-corrected chi connectivity index (χ4v) is 4.47. The lowest BCUT2D eigenvalue weighted by Crippen LogP contribution is -2.38. The normalized spacial score (nSPS) is 18.5. The van der Waals surface area contributed by atoms with E-state index < -0.39 is 33.4 Å². The van der Waals surface area contributed by atoms with E-state index in [4.69, 9.17) is 0 Å². The molecule has 2 heterocycles. The maximum absolute atomic E-state index is 13.7. The molecule has 26 heavy (non-hydrogen) atoms. The van der Waals surface area contributed by atoms with Crippen LogP contribution in [0.2, 0.25) is 0 Å². The first kappa shape index (κ1) is 18.2. The first-order valence-electron chi connectivity index (χ1n) is 7.77. The summed E-state index contributed by atoms with van der Waals surface area (Å²) >= 11 is 0. The predicted molar refractivity (Wildman–Crippen MR) is 90.8 cm³/mol. The topological polar surface area (TPSA) is 92.3 Å². The monoisotopic (exact) mass is 382 g/mol. The molecule has 0 aliphatic carbocycles. The minimum absolute atomic E-state index is 0.00117. The van der Waals surface area contributed by atoms with Crippen LogP contribution >= 0.6 is 0 Å². The molecule has 0 spiro atoms. The van der Waals surface area contributed by atoms with E-state index in [2.05, 4.69) is 15.3 Å². The van der Waals surface area contributed by atoms with Crippen LogP contribution in [0.1, 0.15) is 16.9 Å². The third-order valence-electron chi connectivity index (χ3n) is 4.16. The lowest BCUT2D eigenvalue weighted by Gasteiger charge is -2.23. The molecular formula is C16H16F2N4O3S. The van der Waals surface area contributed by atoms with Crippen LogP contribution in [0.15, 0.2) is 30.6 Å². The quantitative estimate of drug-likeness (QED) is 0.866. The second-order valence-electron chi connectivity index (χ2n) is 6.01. The van der Waals surface area contributed by atoms with Gasteiger partial charge in [-0.1, -0.05) is 0 Å². The highest BCUT2D eigenvalue weighted by molar-refractivity contribution is 7.91. The highest BCUT2D eigenvalue weighted by Gasteiger charge is 2.33. The molecule has 1 aliphatic rings. The summed E-state index contributed by atoms with van der Waals surface area (Å²) in [6.07, 6.45) is 1.51. The minimum atomic E-state index is -3.12. The number of nitrogens with one attached hydrogen (secondary N) is 1. The number of sulfone groups is 1. The van der Waals surface area contributed by atoms with Crippen molar-refractivity contribution in [1.82, 2.24) is 14.9 Å². The first-order valence-corrected chi connectivity index (χ1v) is 9.59. The summed E-state index contributed by atoms with van der Waals surface area (Å²) in [6, 6.07) is 3.94. The van der Waals surface area contributed by atoms with Gasteiger partial charge in [0.25, 0.3) is 5.91 Å². The van der Waals surface area contributed by atoms with Crippen molar-refractivity contribution in [2.24, 2.45) is 0 Å². The van der Waals surface area contributed by atoms with Gasteiger partial charge in [-0.05, 0) is 18.6 Å². The maximum Gasteiger partial charge on any atom is 0.272 e. The molecule has 0 radical (unpaired) electrons. The third-order valence-corrected chi connectivity index (χ3v) is 5.91. The van der Waals surface area contributed by atoms with Gasteiger partial charge in [0.15, 0.2) is 9.84 Å². The zero-order chi connectivity index (χ0) is 18.9. The Bertz CT molecular complexity index is 952. The molecule has 7 nitrogen and oxygen atoms in total. The summed E-state index contributed by atoms with van der Waals surface area (Å²) in [4.78, 5) is 21.7. The van der Waals surface area contributed by atoms with E-state index in [1.165, 1.54) is 24.1 Å². The van der Waals surface area contributed by atoms with Gasteiger partial charge in [-0.2, -0.15) is 0 Å². The van der Waals surface area contributed by atoms with Crippen molar-refractivity contribution in [3.8, 4) is 0 Å². The van der Waals surface area contributed by atoms with E-state index in [0.717, 1.165) is 18.5 Å². The van der Waals surface area contributed by atoms with Crippen LogP contribution in [0.25, 0.3) is 0 Å². The van der Waals surface area contributed by atoms with E-state index in [0.29, 0.717) is 6.42 Å². The Balaban J connectivity index is 1.77. The average molecular weight is 382 g/mol. The largest absolute Gasteiger partial charge is 0.338 e. The first-order chi connectivity index (χ1) is 12.2. The molecule has 1 fully saturated rings. The molecular weight excluding hydrogens is 366 g/mol. The Morgan fingerprint density at radius 3 is 2.69 bits per heavy atom. The number of halogens is 2. The summed E-state index contributed by atoms with van der Waals surface area (Å²) in [5.41, 5.74) is 0.0376. The second-order valence-corrected chi connectivity index (χ2v) is 8.24. The van der Waals surface area contributed by atoms with Gasteiger partial charge in [-0.3, -0.25) is 4.79 Å². The molecule has 1 N–H and O–H groups in total. The molecule has 1 atom stereocenters. The zero-order valence-electron chi connectivity index (χ0n) is 13.8. The number of carbonyl (C=O) groups is 1. The number of amides is 1. The molecule has 1 amide bonds. The third kappa shape index (κ3) is 3.96. The van der Waals surface area contributed by atoms with Crippen molar-refractivity contribution < 1.29 is 22.0 Å². The van der Waals surface area contributed by atoms with Gasteiger partial charge in [-0.15, -0.1) is 0 Å². The van der Waals surface area contributed by atoms with E-state index in [-0.39, 0.29) is 28.7 Å². The number of rotatable bonds is 4. The highest BCUT2D eigenvalue weighted by Crippen LogP contribution is 2.21. The Labute approximate surface area is 149 Å². The van der Waals surface area contributed by atoms with Crippen molar-refractivity contribution in [3.63, 3.8) is 0 Å². The lowest BCUT2D eigenvalue weighted by molar-refractivity contribution is 0.0741. The minimum Gasteiger partial charge on any atom is -0.338 e. The van der Waals surface area contributed by atoms with E-state index in [9.17, 15) is 22.0 Å². The number of hydrogen-bond acceptors (Lipinski definition) is 6. The van der Waals surface area contributed by atoms with E-state index in [1.807, 2.05) is 0 Å². The van der Waals surface area contributed by atoms with Gasteiger partial charge in [0, 0.05) is 25.2 Å². The number of benzene rings is 1. The Kier molecular flexibility index (Phi) is 4.86. The summed E-state index contributed by atoms with van der Waals surface area (Å²) in [7, 11) is -1.61. The summed E-state index contributed by atoms with van der Waals surface area (Å²) < 4.78 is 49.8. The average Bonchev–Trinajstić information content (AvgIpc) is 2.96. The molecule has 3 rings (SSSR count). The van der Waals surface area contributed by atoms with Crippen LogP contribution in [0.5, 0.6) is 0 Å². The molecule has 2 aromatic rings. The fraction of sp³-hybridized carbons (Fsp3) is 0.312. The van der Waals surface area contributed by atoms with Gasteiger partial charge < -0.3 is 10.2 Å². The van der Waals surface area contributed by atoms with Crippen molar-refractivity contribution in [3.05, 3.63) is 47.9 Å². The van der Waals surface area contributed by atoms with E-state index in [1.54, 1.807) is 0 Å². The molecule has 1 unspecified atom stereocenters. The number of hydrogen-bond donors (Lipinski definition) is 1. The Morgan fingerprint density at radius 2 is 2.04 bits per heavy atom. The summed E-state index contributed by atoms with van der Waals surface area (Å²) in [5, 5.41) is 2.66. The second kappa shape index (κ2) is 6.94. The van der Waals surface area contributed by atoms with Crippen LogP contribution in [0.4, 0.5) is 20.3 Å². The SMILES string of the molecule is CN(C(=O)c1cc(Nc2ccc(F)cc2F)ncn1)C1CCS(=O)(=O)C1. The van der Waals surface area contributed by atoms with E-state index >= 15 is 0 Å². The molecule has 10 heteroatoms. The maximum atomic E-state index is 13.7. The molecule has 1 aromatic carbocycles. The van der Waals surface area contributed by atoms with Crippen LogP contribution in [-0.2, 0) is 9.84 Å². The van der Waals surface area contributed by atoms with Crippen LogP contribution in [0.3, 0.4) is 0 Å². The molecule has 1 aromatic heterocycles. The number of anilines is 2. The number of carbonyl (C=O) groups excluding carboxylic acids is 1. The molecule has 138 valence electrons. The molecule has 1 saturated heterocycles. The molecule has 0 saturated carbocycles. The van der Waals surface area contributed by atoms with Crippen molar-refractivity contribution in [1.29, 1.82) is 0 Å².